The van der Waals surface area contributed by atoms with E-state index in [2.05, 4.69) is 85.0 Å². The van der Waals surface area contributed by atoms with E-state index in [0.29, 0.717) is 6.54 Å². The zero-order valence-electron chi connectivity index (χ0n) is 22.1. The molecule has 0 amide bonds. The van der Waals surface area contributed by atoms with Gasteiger partial charge in [0.05, 0.1) is 19.1 Å². The zero-order chi connectivity index (χ0) is 25.6. The Morgan fingerprint density at radius 2 is 1.55 bits per heavy atom. The minimum absolute atomic E-state index is 0.134. The average molecular weight is 511 g/mol. The summed E-state index contributed by atoms with van der Waals surface area (Å²) in [6, 6.07) is 22.4. The molecule has 0 radical (unpaired) electrons. The highest BCUT2D eigenvalue weighted by molar-refractivity contribution is 5.24. The third kappa shape index (κ3) is 6.03. The van der Waals surface area contributed by atoms with Gasteiger partial charge in [0.15, 0.2) is 5.82 Å². The van der Waals surface area contributed by atoms with Crippen LogP contribution in [0, 0.1) is 0 Å². The fourth-order valence-electron chi connectivity index (χ4n) is 6.19. The van der Waals surface area contributed by atoms with Gasteiger partial charge in [0.25, 0.3) is 0 Å². The molecular weight excluding hydrogens is 472 g/mol. The molecule has 1 aliphatic heterocycles. The third-order valence-corrected chi connectivity index (χ3v) is 8.24. The van der Waals surface area contributed by atoms with Crippen LogP contribution < -0.4 is 0 Å². The molecule has 38 heavy (non-hydrogen) atoms. The number of hydrogen-bond acceptors (Lipinski definition) is 6. The number of aromatic nitrogens is 6. The molecule has 0 N–H and O–H groups in total. The number of rotatable bonds is 9. The third-order valence-electron chi connectivity index (χ3n) is 8.24. The molecule has 1 saturated heterocycles. The Balaban J connectivity index is 1.23. The summed E-state index contributed by atoms with van der Waals surface area (Å²) >= 11 is 0. The van der Waals surface area contributed by atoms with E-state index in [0.717, 1.165) is 44.5 Å². The van der Waals surface area contributed by atoms with Crippen LogP contribution in [-0.4, -0.2) is 72.0 Å². The van der Waals surface area contributed by atoms with E-state index in [1.165, 1.54) is 55.3 Å². The molecule has 1 saturated carbocycles. The van der Waals surface area contributed by atoms with Gasteiger partial charge in [-0.3, -0.25) is 14.5 Å². The van der Waals surface area contributed by atoms with Crippen molar-refractivity contribution in [2.45, 2.75) is 63.7 Å². The van der Waals surface area contributed by atoms with E-state index in [1.807, 2.05) is 27.8 Å². The summed E-state index contributed by atoms with van der Waals surface area (Å²) in [5.41, 5.74) is 3.78. The first-order chi connectivity index (χ1) is 18.8. The molecule has 198 valence electrons. The second-order valence-corrected chi connectivity index (χ2v) is 10.8. The maximum atomic E-state index is 4.61. The Hall–Kier alpha value is -3.36. The molecule has 1 unspecified atom stereocenters. The predicted octanol–water partition coefficient (Wildman–Crippen LogP) is 4.20. The highest BCUT2D eigenvalue weighted by Gasteiger charge is 2.30. The van der Waals surface area contributed by atoms with Gasteiger partial charge in [0.1, 0.15) is 0 Å². The van der Waals surface area contributed by atoms with Gasteiger partial charge >= 0.3 is 0 Å². The van der Waals surface area contributed by atoms with Gasteiger partial charge in [0.2, 0.25) is 0 Å². The Kier molecular flexibility index (Phi) is 7.88. The van der Waals surface area contributed by atoms with Crippen molar-refractivity contribution in [3.05, 3.63) is 95.6 Å². The Bertz CT molecular complexity index is 1250. The van der Waals surface area contributed by atoms with Crippen LogP contribution in [0.5, 0.6) is 0 Å². The molecule has 2 aliphatic rings. The Morgan fingerprint density at radius 1 is 0.763 bits per heavy atom. The van der Waals surface area contributed by atoms with Crippen molar-refractivity contribution in [2.24, 2.45) is 0 Å². The number of nitrogens with zero attached hydrogens (tertiary/aromatic N) is 8. The molecule has 0 spiro atoms. The summed E-state index contributed by atoms with van der Waals surface area (Å²) in [4.78, 5) is 5.39. The molecule has 3 heterocycles. The number of benzene rings is 2. The van der Waals surface area contributed by atoms with Crippen molar-refractivity contribution in [1.82, 2.24) is 39.8 Å². The molecule has 2 fully saturated rings. The molecule has 1 aliphatic carbocycles. The van der Waals surface area contributed by atoms with Crippen LogP contribution in [0.1, 0.15) is 60.7 Å². The van der Waals surface area contributed by atoms with E-state index in [4.69, 9.17) is 0 Å². The molecule has 2 aromatic carbocycles. The van der Waals surface area contributed by atoms with Crippen LogP contribution in [0.15, 0.2) is 73.1 Å². The van der Waals surface area contributed by atoms with Gasteiger partial charge in [-0.05, 0) is 65.4 Å². The predicted molar refractivity (Wildman–Crippen MR) is 148 cm³/mol. The highest BCUT2D eigenvalue weighted by Crippen LogP contribution is 2.28. The highest BCUT2D eigenvalue weighted by atomic mass is 15.5. The van der Waals surface area contributed by atoms with Crippen LogP contribution in [0.2, 0.25) is 0 Å². The second kappa shape index (κ2) is 12.0. The largest absolute Gasteiger partial charge is 0.299 e. The maximum absolute atomic E-state index is 4.61. The second-order valence-electron chi connectivity index (χ2n) is 10.8. The summed E-state index contributed by atoms with van der Waals surface area (Å²) in [6.07, 6.45) is 11.4. The van der Waals surface area contributed by atoms with Gasteiger partial charge in [-0.2, -0.15) is 5.10 Å². The lowest BCUT2D eigenvalue weighted by Gasteiger charge is -2.31. The van der Waals surface area contributed by atoms with Crippen LogP contribution in [-0.2, 0) is 19.5 Å². The van der Waals surface area contributed by atoms with Gasteiger partial charge in [-0.25, -0.2) is 4.68 Å². The van der Waals surface area contributed by atoms with E-state index in [-0.39, 0.29) is 6.04 Å². The molecule has 6 rings (SSSR count). The van der Waals surface area contributed by atoms with E-state index >= 15 is 0 Å². The van der Waals surface area contributed by atoms with Gasteiger partial charge < -0.3 is 0 Å². The smallest absolute Gasteiger partial charge is 0.169 e. The monoisotopic (exact) mass is 510 g/mol. The fraction of sp³-hybridized carbons (Fsp3) is 0.467. The van der Waals surface area contributed by atoms with Crippen LogP contribution >= 0.6 is 0 Å². The Morgan fingerprint density at radius 3 is 2.34 bits per heavy atom. The SMILES string of the molecule is c1ccc(Cn2nnnc2C(Cc2ccc(Cn3cccn3)cc2)N2CCCN(C3CCCC3)CC2)cc1. The molecule has 2 aromatic heterocycles. The fourth-order valence-corrected chi connectivity index (χ4v) is 6.19. The first kappa shape index (κ1) is 24.9. The topological polar surface area (TPSA) is 67.9 Å². The zero-order valence-corrected chi connectivity index (χ0v) is 22.1. The van der Waals surface area contributed by atoms with Crippen molar-refractivity contribution >= 4 is 0 Å². The quantitative estimate of drug-likeness (QED) is 0.336. The maximum Gasteiger partial charge on any atom is 0.169 e. The van der Waals surface area contributed by atoms with Crippen molar-refractivity contribution in [3.8, 4) is 0 Å². The molecule has 4 aromatic rings. The molecule has 8 heteroatoms. The number of hydrogen-bond donors (Lipinski definition) is 0. The standard InChI is InChI=1S/C30H38N8/c1-2-8-26(9-3-1)24-38-30(32-33-34-38)29(36-18-7-17-35(20-21-36)28-10-4-5-11-28)22-25-12-14-27(15-13-25)23-37-19-6-16-31-37/h1-3,6,8-9,12-16,19,28-29H,4-5,7,10-11,17-18,20-24H2. The summed E-state index contributed by atoms with van der Waals surface area (Å²) in [6.45, 7) is 5.93. The van der Waals surface area contributed by atoms with Gasteiger partial charge in [-0.15, -0.1) is 5.10 Å². The molecule has 8 nitrogen and oxygen atoms in total. The van der Waals surface area contributed by atoms with E-state index in [9.17, 15) is 0 Å². The van der Waals surface area contributed by atoms with Crippen molar-refractivity contribution in [3.63, 3.8) is 0 Å². The summed E-state index contributed by atoms with van der Waals surface area (Å²) in [5, 5.41) is 17.5. The summed E-state index contributed by atoms with van der Waals surface area (Å²) in [7, 11) is 0. The van der Waals surface area contributed by atoms with Gasteiger partial charge in [0, 0.05) is 38.1 Å². The van der Waals surface area contributed by atoms with E-state index < -0.39 is 0 Å². The molecule has 1 atom stereocenters. The first-order valence-electron chi connectivity index (χ1n) is 14.2. The van der Waals surface area contributed by atoms with Crippen LogP contribution in [0.3, 0.4) is 0 Å². The Labute approximate surface area is 225 Å². The lowest BCUT2D eigenvalue weighted by Crippen LogP contribution is -2.38. The minimum atomic E-state index is 0.134. The van der Waals surface area contributed by atoms with Crippen molar-refractivity contribution < 1.29 is 0 Å². The molecular formula is C30H38N8. The van der Waals surface area contributed by atoms with Gasteiger partial charge in [-0.1, -0.05) is 67.4 Å². The molecule has 0 bridgehead atoms. The normalized spacial score (nSPS) is 18.5. The average Bonchev–Trinajstić information content (AvgIpc) is 3.72. The lowest BCUT2D eigenvalue weighted by atomic mass is 10.0. The summed E-state index contributed by atoms with van der Waals surface area (Å²) < 4.78 is 3.97. The van der Waals surface area contributed by atoms with Crippen molar-refractivity contribution in [2.75, 3.05) is 26.2 Å². The minimum Gasteiger partial charge on any atom is -0.299 e. The van der Waals surface area contributed by atoms with Crippen LogP contribution in [0.4, 0.5) is 0 Å². The van der Waals surface area contributed by atoms with Crippen molar-refractivity contribution in [1.29, 1.82) is 0 Å². The lowest BCUT2D eigenvalue weighted by molar-refractivity contribution is 0.170. The van der Waals surface area contributed by atoms with E-state index in [1.54, 1.807) is 0 Å². The van der Waals surface area contributed by atoms with Crippen LogP contribution in [0.25, 0.3) is 0 Å². The summed E-state index contributed by atoms with van der Waals surface area (Å²) in [5.74, 6) is 0.962. The number of tetrazole rings is 1. The first-order valence-corrected chi connectivity index (χ1v) is 14.2.